The summed E-state index contributed by atoms with van der Waals surface area (Å²) in [6.07, 6.45) is 2.87. The highest BCUT2D eigenvalue weighted by Gasteiger charge is 2.28. The van der Waals surface area contributed by atoms with Gasteiger partial charge in [-0.05, 0) is 31.0 Å². The van der Waals surface area contributed by atoms with E-state index in [2.05, 4.69) is 11.8 Å². The summed E-state index contributed by atoms with van der Waals surface area (Å²) >= 11 is 0. The molecule has 0 spiro atoms. The maximum Gasteiger partial charge on any atom is 0.246 e. The number of ether oxygens (including phenoxy) is 1. The van der Waals surface area contributed by atoms with Gasteiger partial charge in [0, 0.05) is 18.7 Å². The first-order valence-corrected chi connectivity index (χ1v) is 8.40. The van der Waals surface area contributed by atoms with E-state index < -0.39 is 10.0 Å². The zero-order chi connectivity index (χ0) is 15.3. The van der Waals surface area contributed by atoms with Crippen molar-refractivity contribution in [1.82, 2.24) is 4.31 Å². The van der Waals surface area contributed by atoms with Crippen molar-refractivity contribution in [3.8, 4) is 17.6 Å². The highest BCUT2D eigenvalue weighted by Crippen LogP contribution is 2.29. The number of sulfonamides is 1. The van der Waals surface area contributed by atoms with E-state index in [4.69, 9.17) is 10.5 Å². The molecule has 21 heavy (non-hydrogen) atoms. The zero-order valence-corrected chi connectivity index (χ0v) is 12.9. The average Bonchev–Trinajstić information content (AvgIpc) is 2.53. The van der Waals surface area contributed by atoms with E-state index in [1.54, 1.807) is 18.2 Å². The molecule has 1 aliphatic rings. The molecule has 0 aromatic heterocycles. The lowest BCUT2D eigenvalue weighted by atomic mass is 10.2. The molecule has 0 bridgehead atoms. The Bertz CT molecular complexity index is 653. The van der Waals surface area contributed by atoms with Crippen LogP contribution in [0.5, 0.6) is 5.75 Å². The van der Waals surface area contributed by atoms with Gasteiger partial charge in [0.2, 0.25) is 10.0 Å². The van der Waals surface area contributed by atoms with Gasteiger partial charge >= 0.3 is 0 Å². The fraction of sp³-hybridized carbons (Fsp3) is 0.467. The van der Waals surface area contributed by atoms with Gasteiger partial charge in [0.1, 0.15) is 10.6 Å². The smallest absolute Gasteiger partial charge is 0.246 e. The third-order valence-electron chi connectivity index (χ3n) is 3.43. The standard InChI is InChI=1S/C15H20N2O3S/c1-20-14-8-7-13(6-5-9-16)12-15(14)21(18,19)17-10-3-2-4-11-17/h7-8,12H,2-4,9-11,16H2,1H3. The summed E-state index contributed by atoms with van der Waals surface area (Å²) in [5, 5.41) is 0. The van der Waals surface area contributed by atoms with Crippen LogP contribution in [0.3, 0.4) is 0 Å². The number of benzene rings is 1. The molecule has 5 nitrogen and oxygen atoms in total. The van der Waals surface area contributed by atoms with E-state index in [1.165, 1.54) is 11.4 Å². The van der Waals surface area contributed by atoms with Gasteiger partial charge in [0.15, 0.2) is 0 Å². The lowest BCUT2D eigenvalue weighted by Gasteiger charge is -2.26. The Labute approximate surface area is 126 Å². The SMILES string of the molecule is COc1ccc(C#CCN)cc1S(=O)(=O)N1CCCCC1. The molecule has 0 radical (unpaired) electrons. The van der Waals surface area contributed by atoms with Gasteiger partial charge in [-0.25, -0.2) is 8.42 Å². The normalized spacial score (nSPS) is 16.1. The van der Waals surface area contributed by atoms with Gasteiger partial charge in [0.25, 0.3) is 0 Å². The molecule has 114 valence electrons. The predicted molar refractivity (Wildman–Crippen MR) is 81.5 cm³/mol. The van der Waals surface area contributed by atoms with Gasteiger partial charge in [-0.15, -0.1) is 0 Å². The Balaban J connectivity index is 2.44. The summed E-state index contributed by atoms with van der Waals surface area (Å²) in [6, 6.07) is 4.93. The number of nitrogens with zero attached hydrogens (tertiary/aromatic N) is 1. The molecule has 1 heterocycles. The van der Waals surface area contributed by atoms with E-state index in [0.29, 0.717) is 24.4 Å². The van der Waals surface area contributed by atoms with Crippen LogP contribution in [-0.4, -0.2) is 39.5 Å². The van der Waals surface area contributed by atoms with Crippen molar-refractivity contribution in [1.29, 1.82) is 0 Å². The van der Waals surface area contributed by atoms with Gasteiger partial charge in [-0.2, -0.15) is 4.31 Å². The highest BCUT2D eigenvalue weighted by atomic mass is 32.2. The first-order valence-electron chi connectivity index (χ1n) is 6.96. The molecule has 0 amide bonds. The number of nitrogens with two attached hydrogens (primary N) is 1. The van der Waals surface area contributed by atoms with Crippen molar-refractivity contribution in [2.75, 3.05) is 26.7 Å². The monoisotopic (exact) mass is 308 g/mol. The molecule has 1 fully saturated rings. The minimum atomic E-state index is -3.54. The molecule has 2 N–H and O–H groups in total. The average molecular weight is 308 g/mol. The molecule has 1 aromatic rings. The maximum atomic E-state index is 12.8. The lowest BCUT2D eigenvalue weighted by Crippen LogP contribution is -2.35. The van der Waals surface area contributed by atoms with E-state index in [1.807, 2.05) is 0 Å². The molecule has 0 unspecified atom stereocenters. The number of piperidine rings is 1. The molecule has 1 aromatic carbocycles. The van der Waals surface area contributed by atoms with Crippen LogP contribution in [-0.2, 0) is 10.0 Å². The number of rotatable bonds is 3. The molecule has 1 saturated heterocycles. The quantitative estimate of drug-likeness (QED) is 0.851. The minimum absolute atomic E-state index is 0.177. The summed E-state index contributed by atoms with van der Waals surface area (Å²) < 4.78 is 32.3. The Hall–Kier alpha value is -1.55. The molecular weight excluding hydrogens is 288 g/mol. The van der Waals surface area contributed by atoms with E-state index in [0.717, 1.165) is 19.3 Å². The summed E-state index contributed by atoms with van der Waals surface area (Å²) in [5.41, 5.74) is 5.97. The van der Waals surface area contributed by atoms with Gasteiger partial charge in [-0.3, -0.25) is 0 Å². The van der Waals surface area contributed by atoms with Crippen LogP contribution in [0.1, 0.15) is 24.8 Å². The molecule has 0 saturated carbocycles. The van der Waals surface area contributed by atoms with Crippen molar-refractivity contribution in [3.63, 3.8) is 0 Å². The van der Waals surface area contributed by atoms with Crippen LogP contribution in [0.4, 0.5) is 0 Å². The fourth-order valence-corrected chi connectivity index (χ4v) is 4.05. The van der Waals surface area contributed by atoms with E-state index in [9.17, 15) is 8.42 Å². The first-order chi connectivity index (χ1) is 10.1. The molecular formula is C15H20N2O3S. The van der Waals surface area contributed by atoms with Crippen LogP contribution in [0.25, 0.3) is 0 Å². The van der Waals surface area contributed by atoms with Crippen LogP contribution in [0.15, 0.2) is 23.1 Å². The van der Waals surface area contributed by atoms with E-state index in [-0.39, 0.29) is 11.4 Å². The first kappa shape index (κ1) is 15.8. The molecule has 1 aliphatic heterocycles. The lowest BCUT2D eigenvalue weighted by molar-refractivity contribution is 0.342. The Morgan fingerprint density at radius 3 is 2.62 bits per heavy atom. The Morgan fingerprint density at radius 1 is 1.29 bits per heavy atom. The van der Waals surface area contributed by atoms with Crippen LogP contribution >= 0.6 is 0 Å². The number of hydrogen-bond acceptors (Lipinski definition) is 4. The van der Waals surface area contributed by atoms with E-state index >= 15 is 0 Å². The van der Waals surface area contributed by atoms with Crippen LogP contribution < -0.4 is 10.5 Å². The second-order valence-electron chi connectivity index (χ2n) is 4.84. The van der Waals surface area contributed by atoms with Crippen molar-refractivity contribution in [3.05, 3.63) is 23.8 Å². The van der Waals surface area contributed by atoms with Crippen molar-refractivity contribution < 1.29 is 13.2 Å². The van der Waals surface area contributed by atoms with Gasteiger partial charge in [0.05, 0.1) is 13.7 Å². The maximum absolute atomic E-state index is 12.8. The number of hydrogen-bond donors (Lipinski definition) is 1. The summed E-state index contributed by atoms with van der Waals surface area (Å²) in [5.74, 6) is 5.93. The largest absolute Gasteiger partial charge is 0.495 e. The molecule has 2 rings (SSSR count). The third-order valence-corrected chi connectivity index (χ3v) is 5.35. The molecule has 6 heteroatoms. The molecule has 0 aliphatic carbocycles. The predicted octanol–water partition coefficient (Wildman–Crippen LogP) is 1.18. The zero-order valence-electron chi connectivity index (χ0n) is 12.1. The topological polar surface area (TPSA) is 72.6 Å². The minimum Gasteiger partial charge on any atom is -0.495 e. The number of methoxy groups -OCH3 is 1. The van der Waals surface area contributed by atoms with Gasteiger partial charge < -0.3 is 10.5 Å². The second kappa shape index (κ2) is 6.94. The van der Waals surface area contributed by atoms with Crippen molar-refractivity contribution in [2.24, 2.45) is 5.73 Å². The summed E-state index contributed by atoms with van der Waals surface area (Å²) in [4.78, 5) is 0.177. The summed E-state index contributed by atoms with van der Waals surface area (Å²) in [7, 11) is -2.07. The van der Waals surface area contributed by atoms with Crippen LogP contribution in [0.2, 0.25) is 0 Å². The van der Waals surface area contributed by atoms with Crippen LogP contribution in [0, 0.1) is 11.8 Å². The van der Waals surface area contributed by atoms with Crippen molar-refractivity contribution >= 4 is 10.0 Å². The van der Waals surface area contributed by atoms with Crippen molar-refractivity contribution in [2.45, 2.75) is 24.2 Å². The highest BCUT2D eigenvalue weighted by molar-refractivity contribution is 7.89. The second-order valence-corrected chi connectivity index (χ2v) is 6.74. The fourth-order valence-electron chi connectivity index (χ4n) is 2.35. The third kappa shape index (κ3) is 3.56. The Kier molecular flexibility index (Phi) is 5.23. The summed E-state index contributed by atoms with van der Waals surface area (Å²) in [6.45, 7) is 1.36. The molecule has 0 atom stereocenters. The van der Waals surface area contributed by atoms with Gasteiger partial charge in [-0.1, -0.05) is 18.3 Å². The Morgan fingerprint density at radius 2 is 2.00 bits per heavy atom.